The van der Waals surface area contributed by atoms with Gasteiger partial charge in [-0.05, 0) is 38.1 Å². The minimum atomic E-state index is 0.432. The van der Waals surface area contributed by atoms with Crippen LogP contribution in [0.4, 0.5) is 0 Å². The Balaban J connectivity index is 2.12. The van der Waals surface area contributed by atoms with Gasteiger partial charge in [0.15, 0.2) is 0 Å². The van der Waals surface area contributed by atoms with Crippen LogP contribution >= 0.6 is 0 Å². The Bertz CT molecular complexity index is 97.7. The highest BCUT2D eigenvalue weighted by Crippen LogP contribution is 2.28. The van der Waals surface area contributed by atoms with Crippen LogP contribution in [0, 0.1) is 5.92 Å². The fourth-order valence-corrected chi connectivity index (χ4v) is 1.97. The summed E-state index contributed by atoms with van der Waals surface area (Å²) in [5, 5.41) is 0. The molecule has 0 heterocycles. The maximum absolute atomic E-state index is 6.01. The van der Waals surface area contributed by atoms with Gasteiger partial charge in [-0.1, -0.05) is 12.8 Å². The summed E-state index contributed by atoms with van der Waals surface area (Å²) in [6.07, 6.45) is 7.71. The van der Waals surface area contributed by atoms with E-state index in [0.29, 0.717) is 6.04 Å². The molecule has 0 saturated heterocycles. The summed E-state index contributed by atoms with van der Waals surface area (Å²) in [5.41, 5.74) is 11.4. The number of hydrogen-bond donors (Lipinski definition) is 2. The second-order valence-electron chi connectivity index (χ2n) is 3.64. The van der Waals surface area contributed by atoms with Crippen LogP contribution in [0.25, 0.3) is 0 Å². The fourth-order valence-electron chi connectivity index (χ4n) is 1.97. The van der Waals surface area contributed by atoms with Crippen molar-refractivity contribution in [2.24, 2.45) is 17.4 Å². The van der Waals surface area contributed by atoms with Crippen LogP contribution in [0.5, 0.6) is 0 Å². The SMILES string of the molecule is NCCCC(N)C1CCCC1. The monoisotopic (exact) mass is 156 g/mol. The van der Waals surface area contributed by atoms with Crippen molar-refractivity contribution in [3.8, 4) is 0 Å². The van der Waals surface area contributed by atoms with Crippen LogP contribution in [0.3, 0.4) is 0 Å². The quantitative estimate of drug-likeness (QED) is 0.643. The molecule has 0 bridgehead atoms. The van der Waals surface area contributed by atoms with Crippen LogP contribution in [-0.2, 0) is 0 Å². The Morgan fingerprint density at radius 2 is 1.91 bits per heavy atom. The number of hydrogen-bond acceptors (Lipinski definition) is 2. The summed E-state index contributed by atoms with van der Waals surface area (Å²) < 4.78 is 0. The second-order valence-corrected chi connectivity index (χ2v) is 3.64. The van der Waals surface area contributed by atoms with Crippen LogP contribution in [-0.4, -0.2) is 12.6 Å². The van der Waals surface area contributed by atoms with Crippen molar-refractivity contribution in [3.63, 3.8) is 0 Å². The lowest BCUT2D eigenvalue weighted by Crippen LogP contribution is -2.28. The molecule has 2 nitrogen and oxygen atoms in total. The zero-order valence-electron chi connectivity index (χ0n) is 7.26. The molecule has 1 aliphatic carbocycles. The second kappa shape index (κ2) is 4.73. The molecule has 2 heteroatoms. The maximum Gasteiger partial charge on any atom is 0.00676 e. The van der Waals surface area contributed by atoms with Crippen LogP contribution in [0.2, 0.25) is 0 Å². The smallest absolute Gasteiger partial charge is 0.00676 e. The molecule has 1 saturated carbocycles. The van der Waals surface area contributed by atoms with E-state index in [2.05, 4.69) is 0 Å². The van der Waals surface area contributed by atoms with Gasteiger partial charge in [0, 0.05) is 6.04 Å². The molecule has 1 aliphatic rings. The van der Waals surface area contributed by atoms with Gasteiger partial charge < -0.3 is 11.5 Å². The Kier molecular flexibility index (Phi) is 3.87. The van der Waals surface area contributed by atoms with E-state index in [0.717, 1.165) is 25.3 Å². The third-order valence-corrected chi connectivity index (χ3v) is 2.75. The topological polar surface area (TPSA) is 52.0 Å². The van der Waals surface area contributed by atoms with Gasteiger partial charge >= 0.3 is 0 Å². The molecule has 0 spiro atoms. The minimum Gasteiger partial charge on any atom is -0.330 e. The molecule has 1 rings (SSSR count). The third kappa shape index (κ3) is 2.80. The molecule has 1 atom stereocenters. The highest BCUT2D eigenvalue weighted by atomic mass is 14.7. The normalized spacial score (nSPS) is 22.4. The Labute approximate surface area is 69.3 Å². The first-order valence-corrected chi connectivity index (χ1v) is 4.80. The predicted molar refractivity (Wildman–Crippen MR) is 48.2 cm³/mol. The van der Waals surface area contributed by atoms with Crippen molar-refractivity contribution in [1.82, 2.24) is 0 Å². The zero-order chi connectivity index (χ0) is 8.10. The number of nitrogens with two attached hydrogens (primary N) is 2. The van der Waals surface area contributed by atoms with E-state index in [9.17, 15) is 0 Å². The zero-order valence-corrected chi connectivity index (χ0v) is 7.26. The molecule has 0 aromatic carbocycles. The van der Waals surface area contributed by atoms with Gasteiger partial charge in [-0.2, -0.15) is 0 Å². The molecule has 11 heavy (non-hydrogen) atoms. The van der Waals surface area contributed by atoms with Gasteiger partial charge in [0.2, 0.25) is 0 Å². The van der Waals surface area contributed by atoms with Gasteiger partial charge in [-0.3, -0.25) is 0 Å². The average Bonchev–Trinajstić information content (AvgIpc) is 2.52. The molecule has 0 amide bonds. The molecule has 1 unspecified atom stereocenters. The lowest BCUT2D eigenvalue weighted by atomic mass is 9.95. The van der Waals surface area contributed by atoms with Crippen molar-refractivity contribution in [2.75, 3.05) is 6.54 Å². The summed E-state index contributed by atoms with van der Waals surface area (Å²) in [7, 11) is 0. The van der Waals surface area contributed by atoms with Crippen LogP contribution in [0.1, 0.15) is 38.5 Å². The molecule has 0 radical (unpaired) electrons. The first kappa shape index (κ1) is 9.01. The largest absolute Gasteiger partial charge is 0.330 e. The van der Waals surface area contributed by atoms with E-state index in [-0.39, 0.29) is 0 Å². The van der Waals surface area contributed by atoms with E-state index in [4.69, 9.17) is 11.5 Å². The minimum absolute atomic E-state index is 0.432. The molecular weight excluding hydrogens is 136 g/mol. The summed E-state index contributed by atoms with van der Waals surface area (Å²) in [6.45, 7) is 0.792. The summed E-state index contributed by atoms with van der Waals surface area (Å²) in [4.78, 5) is 0. The van der Waals surface area contributed by atoms with E-state index >= 15 is 0 Å². The van der Waals surface area contributed by atoms with Gasteiger partial charge in [0.25, 0.3) is 0 Å². The van der Waals surface area contributed by atoms with Gasteiger partial charge in [0.1, 0.15) is 0 Å². The Hall–Kier alpha value is -0.0800. The highest BCUT2D eigenvalue weighted by molar-refractivity contribution is 4.77. The average molecular weight is 156 g/mol. The Morgan fingerprint density at radius 1 is 1.27 bits per heavy atom. The molecule has 0 aromatic rings. The van der Waals surface area contributed by atoms with Gasteiger partial charge in [0.05, 0.1) is 0 Å². The Morgan fingerprint density at radius 3 is 2.45 bits per heavy atom. The molecule has 0 aliphatic heterocycles. The van der Waals surface area contributed by atoms with Crippen molar-refractivity contribution in [3.05, 3.63) is 0 Å². The summed E-state index contributed by atoms with van der Waals surface area (Å²) in [5.74, 6) is 0.807. The lowest BCUT2D eigenvalue weighted by molar-refractivity contribution is 0.403. The third-order valence-electron chi connectivity index (χ3n) is 2.75. The van der Waals surface area contributed by atoms with E-state index in [1.54, 1.807) is 0 Å². The van der Waals surface area contributed by atoms with Crippen molar-refractivity contribution in [1.29, 1.82) is 0 Å². The fraction of sp³-hybridized carbons (Fsp3) is 1.00. The molecule has 4 N–H and O–H groups in total. The maximum atomic E-state index is 6.01. The lowest BCUT2D eigenvalue weighted by Gasteiger charge is -2.17. The van der Waals surface area contributed by atoms with Crippen molar-refractivity contribution >= 4 is 0 Å². The first-order chi connectivity index (χ1) is 5.34. The standard InChI is InChI=1S/C9H20N2/c10-7-3-6-9(11)8-4-1-2-5-8/h8-9H,1-7,10-11H2. The van der Waals surface area contributed by atoms with Crippen molar-refractivity contribution in [2.45, 2.75) is 44.6 Å². The van der Waals surface area contributed by atoms with Gasteiger partial charge in [-0.25, -0.2) is 0 Å². The van der Waals surface area contributed by atoms with E-state index in [1.807, 2.05) is 0 Å². The predicted octanol–water partition coefficient (Wildman–Crippen LogP) is 1.24. The summed E-state index contributed by atoms with van der Waals surface area (Å²) >= 11 is 0. The molecule has 66 valence electrons. The molecular formula is C9H20N2. The highest BCUT2D eigenvalue weighted by Gasteiger charge is 2.20. The number of rotatable bonds is 4. The van der Waals surface area contributed by atoms with Crippen LogP contribution < -0.4 is 11.5 Å². The summed E-state index contributed by atoms with van der Waals surface area (Å²) in [6, 6.07) is 0.432. The molecule has 0 aromatic heterocycles. The van der Waals surface area contributed by atoms with E-state index in [1.165, 1.54) is 25.7 Å². The van der Waals surface area contributed by atoms with E-state index < -0.39 is 0 Å². The van der Waals surface area contributed by atoms with Crippen LogP contribution in [0.15, 0.2) is 0 Å². The van der Waals surface area contributed by atoms with Gasteiger partial charge in [-0.15, -0.1) is 0 Å². The molecule has 1 fully saturated rings. The first-order valence-electron chi connectivity index (χ1n) is 4.80. The van der Waals surface area contributed by atoms with Crippen molar-refractivity contribution < 1.29 is 0 Å².